The second-order valence-electron chi connectivity index (χ2n) is 5.40. The van der Waals surface area contributed by atoms with Crippen molar-refractivity contribution in [3.8, 4) is 0 Å². The summed E-state index contributed by atoms with van der Waals surface area (Å²) in [6, 6.07) is 0. The first-order valence-electron chi connectivity index (χ1n) is 6.68. The first-order valence-corrected chi connectivity index (χ1v) is 6.68. The Hall–Kier alpha value is -0.0551. The van der Waals surface area contributed by atoms with Gasteiger partial charge >= 0.3 is 7.12 Å². The van der Waals surface area contributed by atoms with E-state index in [9.17, 15) is 10.0 Å². The maximum atomic E-state index is 9.23. The SMILES string of the molecule is CCOC1CCC2CC(B(O)O)CCC2C1. The Balaban J connectivity index is 1.85. The minimum Gasteiger partial charge on any atom is -0.427 e. The molecular weight excluding hydrogens is 203 g/mol. The van der Waals surface area contributed by atoms with Gasteiger partial charge < -0.3 is 14.8 Å². The van der Waals surface area contributed by atoms with Crippen molar-refractivity contribution < 1.29 is 14.8 Å². The average Bonchev–Trinajstić information content (AvgIpc) is 2.28. The molecule has 2 rings (SSSR count). The number of rotatable bonds is 3. The predicted octanol–water partition coefficient (Wildman–Crippen LogP) is 1.83. The molecule has 0 bridgehead atoms. The van der Waals surface area contributed by atoms with E-state index in [0.29, 0.717) is 12.0 Å². The van der Waals surface area contributed by atoms with Crippen LogP contribution in [0.4, 0.5) is 0 Å². The van der Waals surface area contributed by atoms with E-state index in [1.807, 2.05) is 0 Å². The van der Waals surface area contributed by atoms with Crippen molar-refractivity contribution >= 4 is 7.12 Å². The first-order chi connectivity index (χ1) is 7.70. The van der Waals surface area contributed by atoms with Crippen LogP contribution in [0.25, 0.3) is 0 Å². The van der Waals surface area contributed by atoms with Gasteiger partial charge in [-0.2, -0.15) is 0 Å². The molecule has 2 fully saturated rings. The molecule has 0 heterocycles. The quantitative estimate of drug-likeness (QED) is 0.722. The van der Waals surface area contributed by atoms with Gasteiger partial charge in [0.15, 0.2) is 0 Å². The number of fused-ring (bicyclic) bond motifs is 1. The Labute approximate surface area is 98.3 Å². The highest BCUT2D eigenvalue weighted by Gasteiger charge is 2.39. The molecule has 0 amide bonds. The van der Waals surface area contributed by atoms with Crippen LogP contribution in [0.5, 0.6) is 0 Å². The summed E-state index contributed by atoms with van der Waals surface area (Å²) in [5.41, 5.74) is 0. The summed E-state index contributed by atoms with van der Waals surface area (Å²) in [6.07, 6.45) is 7.13. The fourth-order valence-electron chi connectivity index (χ4n) is 3.54. The lowest BCUT2D eigenvalue weighted by atomic mass is 9.57. The van der Waals surface area contributed by atoms with Crippen molar-refractivity contribution in [3.63, 3.8) is 0 Å². The molecule has 0 saturated heterocycles. The van der Waals surface area contributed by atoms with E-state index in [4.69, 9.17) is 4.74 Å². The minimum absolute atomic E-state index is 0.116. The maximum absolute atomic E-state index is 9.23. The minimum atomic E-state index is -1.11. The van der Waals surface area contributed by atoms with E-state index in [2.05, 4.69) is 6.92 Å². The van der Waals surface area contributed by atoms with Crippen molar-refractivity contribution in [2.24, 2.45) is 11.8 Å². The van der Waals surface area contributed by atoms with Crippen LogP contribution in [0.2, 0.25) is 5.82 Å². The van der Waals surface area contributed by atoms with Crippen molar-refractivity contribution in [1.82, 2.24) is 0 Å². The molecule has 2 aliphatic carbocycles. The van der Waals surface area contributed by atoms with Crippen LogP contribution in [0.15, 0.2) is 0 Å². The molecular formula is C12H23BO3. The fourth-order valence-corrected chi connectivity index (χ4v) is 3.54. The summed E-state index contributed by atoms with van der Waals surface area (Å²) < 4.78 is 5.71. The van der Waals surface area contributed by atoms with Crippen molar-refractivity contribution in [3.05, 3.63) is 0 Å². The molecule has 16 heavy (non-hydrogen) atoms. The van der Waals surface area contributed by atoms with E-state index >= 15 is 0 Å². The molecule has 3 nitrogen and oxygen atoms in total. The molecule has 2 saturated carbocycles. The highest BCUT2D eigenvalue weighted by molar-refractivity contribution is 6.43. The summed E-state index contributed by atoms with van der Waals surface area (Å²) in [4.78, 5) is 0. The normalized spacial score (nSPS) is 39.2. The van der Waals surface area contributed by atoms with E-state index in [0.717, 1.165) is 38.2 Å². The van der Waals surface area contributed by atoms with Gasteiger partial charge in [0.1, 0.15) is 0 Å². The average molecular weight is 226 g/mol. The van der Waals surface area contributed by atoms with Gasteiger partial charge in [0.25, 0.3) is 0 Å². The molecule has 0 aromatic heterocycles. The zero-order valence-corrected chi connectivity index (χ0v) is 10.1. The molecule has 0 aromatic rings. The predicted molar refractivity (Wildman–Crippen MR) is 64.0 cm³/mol. The van der Waals surface area contributed by atoms with E-state index in [1.54, 1.807) is 0 Å². The molecule has 4 heteroatoms. The third-order valence-electron chi connectivity index (χ3n) is 4.43. The summed E-state index contributed by atoms with van der Waals surface area (Å²) in [5, 5.41) is 18.5. The van der Waals surface area contributed by atoms with Gasteiger partial charge in [-0.15, -0.1) is 0 Å². The molecule has 4 unspecified atom stereocenters. The molecule has 0 spiro atoms. The van der Waals surface area contributed by atoms with Crippen molar-refractivity contribution in [2.75, 3.05) is 6.61 Å². The zero-order chi connectivity index (χ0) is 11.5. The van der Waals surface area contributed by atoms with Crippen molar-refractivity contribution in [2.45, 2.75) is 57.4 Å². The largest absolute Gasteiger partial charge is 0.454 e. The Morgan fingerprint density at radius 1 is 1.06 bits per heavy atom. The first kappa shape index (κ1) is 12.4. The summed E-state index contributed by atoms with van der Waals surface area (Å²) in [6.45, 7) is 2.88. The van der Waals surface area contributed by atoms with E-state index in [-0.39, 0.29) is 5.82 Å². The Morgan fingerprint density at radius 2 is 1.75 bits per heavy atom. The second kappa shape index (κ2) is 5.52. The lowest BCUT2D eigenvalue weighted by Gasteiger charge is -2.41. The summed E-state index contributed by atoms with van der Waals surface area (Å²) >= 11 is 0. The molecule has 2 N–H and O–H groups in total. The molecule has 0 radical (unpaired) electrons. The molecule has 2 aliphatic rings. The standard InChI is InChI=1S/C12H23BO3/c1-2-16-12-6-4-9-7-11(13(14)15)5-3-10(9)8-12/h9-12,14-15H,2-8H2,1H3. The lowest BCUT2D eigenvalue weighted by Crippen LogP contribution is -2.36. The Bertz CT molecular complexity index is 222. The van der Waals surface area contributed by atoms with Gasteiger partial charge in [-0.25, -0.2) is 0 Å². The van der Waals surface area contributed by atoms with Crippen LogP contribution >= 0.6 is 0 Å². The van der Waals surface area contributed by atoms with Gasteiger partial charge in [-0.05, 0) is 50.3 Å². The number of ether oxygens (including phenoxy) is 1. The molecule has 0 aromatic carbocycles. The smallest absolute Gasteiger partial charge is 0.427 e. The van der Waals surface area contributed by atoms with Gasteiger partial charge in [0, 0.05) is 6.61 Å². The third kappa shape index (κ3) is 2.79. The van der Waals surface area contributed by atoms with E-state index in [1.165, 1.54) is 12.8 Å². The highest BCUT2D eigenvalue weighted by Crippen LogP contribution is 2.45. The summed E-state index contributed by atoms with van der Waals surface area (Å²) in [5.74, 6) is 1.59. The van der Waals surface area contributed by atoms with Crippen LogP contribution in [0.3, 0.4) is 0 Å². The van der Waals surface area contributed by atoms with Crippen LogP contribution in [0, 0.1) is 11.8 Å². The molecule has 92 valence electrons. The second-order valence-corrected chi connectivity index (χ2v) is 5.40. The van der Waals surface area contributed by atoms with Gasteiger partial charge in [-0.1, -0.05) is 12.8 Å². The van der Waals surface area contributed by atoms with E-state index < -0.39 is 7.12 Å². The maximum Gasteiger partial charge on any atom is 0.454 e. The van der Waals surface area contributed by atoms with Crippen molar-refractivity contribution in [1.29, 1.82) is 0 Å². The van der Waals surface area contributed by atoms with Gasteiger partial charge in [0.2, 0.25) is 0 Å². The van der Waals surface area contributed by atoms with Crippen LogP contribution in [0.1, 0.15) is 45.4 Å². The van der Waals surface area contributed by atoms with Gasteiger partial charge in [0.05, 0.1) is 6.10 Å². The Kier molecular flexibility index (Phi) is 4.28. The molecule has 0 aliphatic heterocycles. The number of hydrogen-bond donors (Lipinski definition) is 2. The lowest BCUT2D eigenvalue weighted by molar-refractivity contribution is -0.00804. The van der Waals surface area contributed by atoms with Crippen LogP contribution in [-0.2, 0) is 4.74 Å². The zero-order valence-electron chi connectivity index (χ0n) is 10.1. The Morgan fingerprint density at radius 3 is 2.44 bits per heavy atom. The van der Waals surface area contributed by atoms with Crippen LogP contribution < -0.4 is 0 Å². The van der Waals surface area contributed by atoms with Gasteiger partial charge in [-0.3, -0.25) is 0 Å². The third-order valence-corrected chi connectivity index (χ3v) is 4.43. The fraction of sp³-hybridized carbons (Fsp3) is 1.00. The monoisotopic (exact) mass is 226 g/mol. The highest BCUT2D eigenvalue weighted by atomic mass is 16.5. The number of hydrogen-bond acceptors (Lipinski definition) is 3. The topological polar surface area (TPSA) is 49.7 Å². The van der Waals surface area contributed by atoms with Crippen LogP contribution in [-0.4, -0.2) is 29.9 Å². The molecule has 4 atom stereocenters. The summed E-state index contributed by atoms with van der Waals surface area (Å²) in [7, 11) is -1.11.